The van der Waals surface area contributed by atoms with Crippen LogP contribution in [-0.2, 0) is 19.6 Å². The molecular formula is C21H26N2O4S. The van der Waals surface area contributed by atoms with Crippen LogP contribution in [0.25, 0.3) is 0 Å². The lowest BCUT2D eigenvalue weighted by atomic mass is 9.95. The molecule has 1 amide bonds. The lowest BCUT2D eigenvalue weighted by Crippen LogP contribution is -2.40. The van der Waals surface area contributed by atoms with Gasteiger partial charge in [-0.05, 0) is 36.6 Å². The zero-order valence-corrected chi connectivity index (χ0v) is 17.0. The van der Waals surface area contributed by atoms with E-state index in [2.05, 4.69) is 5.32 Å². The van der Waals surface area contributed by atoms with Gasteiger partial charge in [0.1, 0.15) is 0 Å². The molecule has 1 heterocycles. The Labute approximate surface area is 166 Å². The largest absolute Gasteiger partial charge is 0.379 e. The van der Waals surface area contributed by atoms with E-state index in [1.807, 2.05) is 37.3 Å². The lowest BCUT2D eigenvalue weighted by molar-refractivity contribution is -0.117. The Balaban J connectivity index is 1.84. The van der Waals surface area contributed by atoms with Crippen LogP contribution < -0.4 is 5.32 Å². The van der Waals surface area contributed by atoms with E-state index >= 15 is 0 Å². The van der Waals surface area contributed by atoms with Crippen LogP contribution in [0.2, 0.25) is 0 Å². The molecule has 1 aliphatic heterocycles. The van der Waals surface area contributed by atoms with Crippen molar-refractivity contribution in [1.82, 2.24) is 4.31 Å². The molecule has 0 bridgehead atoms. The molecule has 0 aromatic heterocycles. The first-order chi connectivity index (χ1) is 13.4. The van der Waals surface area contributed by atoms with Crippen molar-refractivity contribution in [3.05, 3.63) is 59.7 Å². The van der Waals surface area contributed by atoms with E-state index in [4.69, 9.17) is 4.74 Å². The molecule has 1 atom stereocenters. The monoisotopic (exact) mass is 402 g/mol. The third kappa shape index (κ3) is 4.43. The maximum Gasteiger partial charge on any atom is 0.243 e. The summed E-state index contributed by atoms with van der Waals surface area (Å²) in [6.07, 6.45) is 0.653. The first kappa shape index (κ1) is 20.5. The first-order valence-corrected chi connectivity index (χ1v) is 10.9. The summed E-state index contributed by atoms with van der Waals surface area (Å²) in [6, 6.07) is 14.6. The van der Waals surface area contributed by atoms with E-state index in [-0.39, 0.29) is 16.7 Å². The Kier molecular flexibility index (Phi) is 6.49. The van der Waals surface area contributed by atoms with Crippen LogP contribution >= 0.6 is 0 Å². The molecule has 150 valence electrons. The number of aryl methyl sites for hydroxylation is 1. The fourth-order valence-electron chi connectivity index (χ4n) is 3.37. The second kappa shape index (κ2) is 8.86. The highest BCUT2D eigenvalue weighted by molar-refractivity contribution is 7.89. The number of nitrogens with zero attached hydrogens (tertiary/aromatic N) is 1. The molecule has 0 radical (unpaired) electrons. The topological polar surface area (TPSA) is 75.7 Å². The zero-order chi connectivity index (χ0) is 20.1. The zero-order valence-electron chi connectivity index (χ0n) is 16.2. The number of hydrogen-bond acceptors (Lipinski definition) is 4. The van der Waals surface area contributed by atoms with E-state index in [0.717, 1.165) is 5.56 Å². The summed E-state index contributed by atoms with van der Waals surface area (Å²) < 4.78 is 32.7. The van der Waals surface area contributed by atoms with Crippen LogP contribution in [0.15, 0.2) is 53.4 Å². The number of carbonyl (C=O) groups is 1. The normalized spacial score (nSPS) is 16.5. The average Bonchev–Trinajstić information content (AvgIpc) is 2.71. The molecule has 1 aliphatic rings. The van der Waals surface area contributed by atoms with E-state index in [0.29, 0.717) is 44.0 Å². The summed E-state index contributed by atoms with van der Waals surface area (Å²) in [4.78, 5) is 13.0. The molecule has 0 aliphatic carbocycles. The molecule has 0 saturated carbocycles. The van der Waals surface area contributed by atoms with Crippen molar-refractivity contribution < 1.29 is 17.9 Å². The standard InChI is InChI=1S/C21H26N2O4S/c1-3-19(17-7-5-4-6-8-17)21(24)22-18-10-9-16(2)20(15-18)28(25,26)23-11-13-27-14-12-23/h4-10,15,19H,3,11-14H2,1-2H3,(H,22,24)/t19-/m0/s1. The number of ether oxygens (including phenoxy) is 1. The summed E-state index contributed by atoms with van der Waals surface area (Å²) in [7, 11) is -3.63. The molecule has 1 N–H and O–H groups in total. The summed E-state index contributed by atoms with van der Waals surface area (Å²) in [6.45, 7) is 5.18. The number of benzene rings is 2. The molecule has 2 aromatic carbocycles. The van der Waals surface area contributed by atoms with Crippen LogP contribution in [0.1, 0.15) is 30.4 Å². The number of rotatable bonds is 6. The molecule has 1 saturated heterocycles. The Morgan fingerprint density at radius 1 is 1.14 bits per heavy atom. The molecule has 2 aromatic rings. The number of amides is 1. The number of anilines is 1. The van der Waals surface area contributed by atoms with Crippen molar-refractivity contribution in [3.8, 4) is 0 Å². The molecule has 0 unspecified atom stereocenters. The highest BCUT2D eigenvalue weighted by Gasteiger charge is 2.28. The Bertz CT molecular complexity index is 923. The van der Waals surface area contributed by atoms with Crippen molar-refractivity contribution in [2.75, 3.05) is 31.6 Å². The van der Waals surface area contributed by atoms with Gasteiger partial charge in [0.25, 0.3) is 0 Å². The van der Waals surface area contributed by atoms with E-state index in [9.17, 15) is 13.2 Å². The number of nitrogens with one attached hydrogen (secondary N) is 1. The van der Waals surface area contributed by atoms with Gasteiger partial charge in [-0.2, -0.15) is 4.31 Å². The van der Waals surface area contributed by atoms with Crippen molar-refractivity contribution in [2.45, 2.75) is 31.1 Å². The van der Waals surface area contributed by atoms with Gasteiger partial charge in [0.15, 0.2) is 0 Å². The van der Waals surface area contributed by atoms with E-state index in [1.54, 1.807) is 25.1 Å². The second-order valence-electron chi connectivity index (χ2n) is 6.86. The second-order valence-corrected chi connectivity index (χ2v) is 8.76. The number of carbonyl (C=O) groups excluding carboxylic acids is 1. The third-order valence-electron chi connectivity index (χ3n) is 4.97. The number of hydrogen-bond donors (Lipinski definition) is 1. The SMILES string of the molecule is CC[C@H](C(=O)Nc1ccc(C)c(S(=O)(=O)N2CCOCC2)c1)c1ccccc1. The lowest BCUT2D eigenvalue weighted by Gasteiger charge is -2.27. The molecule has 7 heteroatoms. The summed E-state index contributed by atoms with van der Waals surface area (Å²) >= 11 is 0. The third-order valence-corrected chi connectivity index (χ3v) is 7.01. The van der Waals surface area contributed by atoms with Gasteiger partial charge in [-0.3, -0.25) is 4.79 Å². The molecular weight excluding hydrogens is 376 g/mol. The van der Waals surface area contributed by atoms with Crippen LogP contribution in [0.5, 0.6) is 0 Å². The summed E-state index contributed by atoms with van der Waals surface area (Å²) in [5, 5.41) is 2.89. The Morgan fingerprint density at radius 2 is 1.82 bits per heavy atom. The minimum absolute atomic E-state index is 0.146. The van der Waals surface area contributed by atoms with Crippen molar-refractivity contribution in [1.29, 1.82) is 0 Å². The highest BCUT2D eigenvalue weighted by Crippen LogP contribution is 2.26. The summed E-state index contributed by atoms with van der Waals surface area (Å²) in [5.74, 6) is -0.436. The van der Waals surface area contributed by atoms with Gasteiger partial charge in [-0.25, -0.2) is 8.42 Å². The Morgan fingerprint density at radius 3 is 2.46 bits per heavy atom. The smallest absolute Gasteiger partial charge is 0.243 e. The summed E-state index contributed by atoms with van der Waals surface area (Å²) in [5.41, 5.74) is 2.08. The van der Waals surface area contributed by atoms with Crippen LogP contribution in [0, 0.1) is 6.92 Å². The average molecular weight is 403 g/mol. The number of sulfonamides is 1. The molecule has 6 nitrogen and oxygen atoms in total. The van der Waals surface area contributed by atoms with Gasteiger partial charge in [0.2, 0.25) is 15.9 Å². The van der Waals surface area contributed by atoms with Gasteiger partial charge in [0, 0.05) is 18.8 Å². The van der Waals surface area contributed by atoms with Crippen molar-refractivity contribution >= 4 is 21.6 Å². The fourth-order valence-corrected chi connectivity index (χ4v) is 5.03. The maximum absolute atomic E-state index is 13.0. The highest BCUT2D eigenvalue weighted by atomic mass is 32.2. The number of morpholine rings is 1. The first-order valence-electron chi connectivity index (χ1n) is 9.48. The van der Waals surface area contributed by atoms with Gasteiger partial charge in [-0.1, -0.05) is 43.3 Å². The molecule has 1 fully saturated rings. The van der Waals surface area contributed by atoms with Crippen molar-refractivity contribution in [3.63, 3.8) is 0 Å². The molecule has 0 spiro atoms. The Hall–Kier alpha value is -2.22. The quantitative estimate of drug-likeness (QED) is 0.805. The van der Waals surface area contributed by atoms with Crippen LogP contribution in [0.4, 0.5) is 5.69 Å². The molecule has 3 rings (SSSR count). The van der Waals surface area contributed by atoms with E-state index < -0.39 is 10.0 Å². The van der Waals surface area contributed by atoms with Crippen LogP contribution in [0.3, 0.4) is 0 Å². The predicted molar refractivity (Wildman–Crippen MR) is 109 cm³/mol. The van der Waals surface area contributed by atoms with Gasteiger partial charge in [0.05, 0.1) is 24.0 Å². The van der Waals surface area contributed by atoms with Gasteiger partial charge in [-0.15, -0.1) is 0 Å². The van der Waals surface area contributed by atoms with Gasteiger partial charge >= 0.3 is 0 Å². The van der Waals surface area contributed by atoms with Crippen molar-refractivity contribution in [2.24, 2.45) is 0 Å². The van der Waals surface area contributed by atoms with Crippen LogP contribution in [-0.4, -0.2) is 44.9 Å². The minimum atomic E-state index is -3.63. The van der Waals surface area contributed by atoms with Gasteiger partial charge < -0.3 is 10.1 Å². The predicted octanol–water partition coefficient (Wildman–Crippen LogP) is 3.15. The molecule has 28 heavy (non-hydrogen) atoms. The minimum Gasteiger partial charge on any atom is -0.379 e. The van der Waals surface area contributed by atoms with E-state index in [1.165, 1.54) is 4.31 Å². The maximum atomic E-state index is 13.0. The fraction of sp³-hybridized carbons (Fsp3) is 0.381.